The summed E-state index contributed by atoms with van der Waals surface area (Å²) in [5.41, 5.74) is 6.18. The lowest BCUT2D eigenvalue weighted by Gasteiger charge is -2.15. The molecular weight excluding hydrogens is 342 g/mol. The molecule has 7 heteroatoms. The topological polar surface area (TPSA) is 78.5 Å². The highest BCUT2D eigenvalue weighted by Crippen LogP contribution is 2.21. The Morgan fingerprint density at radius 2 is 1.64 bits per heavy atom. The van der Waals surface area contributed by atoms with Gasteiger partial charge < -0.3 is 4.90 Å². The summed E-state index contributed by atoms with van der Waals surface area (Å²) < 4.78 is 0. The number of carbonyl (C=O) groups is 3. The van der Waals surface area contributed by atoms with Gasteiger partial charge in [-0.2, -0.15) is 0 Å². The van der Waals surface area contributed by atoms with E-state index in [9.17, 15) is 14.4 Å². The van der Waals surface area contributed by atoms with Crippen LogP contribution in [-0.4, -0.2) is 24.3 Å². The van der Waals surface area contributed by atoms with Gasteiger partial charge in [-0.1, -0.05) is 17.7 Å². The lowest BCUT2D eigenvalue weighted by atomic mass is 10.2. The number of rotatable bonds is 3. The zero-order valence-corrected chi connectivity index (χ0v) is 14.0. The molecule has 3 amide bonds. The summed E-state index contributed by atoms with van der Waals surface area (Å²) in [7, 11) is 0. The highest BCUT2D eigenvalue weighted by molar-refractivity contribution is 6.31. The molecule has 1 heterocycles. The summed E-state index contributed by atoms with van der Waals surface area (Å²) >= 11 is 5.83. The molecule has 0 spiro atoms. The summed E-state index contributed by atoms with van der Waals surface area (Å²) in [6, 6.07) is 13.1. The maximum atomic E-state index is 12.1. The van der Waals surface area contributed by atoms with Crippen LogP contribution >= 0.6 is 11.6 Å². The molecule has 1 fully saturated rings. The van der Waals surface area contributed by atoms with Gasteiger partial charge >= 0.3 is 0 Å². The summed E-state index contributed by atoms with van der Waals surface area (Å²) in [6.07, 6.45) is 1.40. The molecule has 0 aliphatic carbocycles. The third-order valence-corrected chi connectivity index (χ3v) is 4.13. The molecule has 2 aromatic carbocycles. The Morgan fingerprint density at radius 1 is 0.960 bits per heavy atom. The number of halogens is 1. The molecule has 6 nitrogen and oxygen atoms in total. The van der Waals surface area contributed by atoms with Gasteiger partial charge in [0.15, 0.2) is 0 Å². The first kappa shape index (κ1) is 17.0. The molecule has 0 atom stereocenters. The number of amides is 3. The van der Waals surface area contributed by atoms with Gasteiger partial charge in [-0.25, -0.2) is 0 Å². The Balaban J connectivity index is 1.59. The van der Waals surface area contributed by atoms with E-state index in [0.717, 1.165) is 12.1 Å². The average molecular weight is 358 g/mol. The van der Waals surface area contributed by atoms with Crippen LogP contribution in [0.25, 0.3) is 0 Å². The van der Waals surface area contributed by atoms with Crippen LogP contribution in [0.4, 0.5) is 5.69 Å². The molecule has 3 rings (SSSR count). The minimum atomic E-state index is -0.463. The molecule has 0 radical (unpaired) electrons. The molecule has 0 saturated carbocycles. The number of benzene rings is 2. The van der Waals surface area contributed by atoms with Crippen LogP contribution in [-0.2, 0) is 4.79 Å². The lowest BCUT2D eigenvalue weighted by Crippen LogP contribution is -2.41. The Bertz CT molecular complexity index is 821. The maximum absolute atomic E-state index is 12.1. The van der Waals surface area contributed by atoms with E-state index in [-0.39, 0.29) is 5.91 Å². The Hall–Kier alpha value is -2.86. The molecule has 128 valence electrons. The van der Waals surface area contributed by atoms with E-state index in [4.69, 9.17) is 11.6 Å². The second kappa shape index (κ2) is 7.36. The quantitative estimate of drug-likeness (QED) is 0.828. The fourth-order valence-electron chi connectivity index (χ4n) is 2.60. The lowest BCUT2D eigenvalue weighted by molar-refractivity contribution is -0.117. The first-order valence-corrected chi connectivity index (χ1v) is 8.19. The smallest absolute Gasteiger partial charge is 0.269 e. The highest BCUT2D eigenvalue weighted by atomic mass is 35.5. The fraction of sp³-hybridized carbons (Fsp3) is 0.167. The van der Waals surface area contributed by atoms with Gasteiger partial charge in [0.1, 0.15) is 0 Å². The molecular formula is C18H16ClN3O3. The zero-order chi connectivity index (χ0) is 17.8. The monoisotopic (exact) mass is 357 g/mol. The van der Waals surface area contributed by atoms with Crippen molar-refractivity contribution in [3.05, 3.63) is 64.7 Å². The van der Waals surface area contributed by atoms with E-state index in [2.05, 4.69) is 10.9 Å². The number of hydrogen-bond acceptors (Lipinski definition) is 3. The van der Waals surface area contributed by atoms with Gasteiger partial charge in [0.05, 0.1) is 0 Å². The summed E-state index contributed by atoms with van der Waals surface area (Å²) in [4.78, 5) is 37.5. The van der Waals surface area contributed by atoms with Gasteiger partial charge in [-0.05, 0) is 48.9 Å². The number of hydrogen-bond donors (Lipinski definition) is 2. The van der Waals surface area contributed by atoms with Crippen molar-refractivity contribution in [2.24, 2.45) is 0 Å². The summed E-state index contributed by atoms with van der Waals surface area (Å²) in [5, 5.41) is 0.436. The van der Waals surface area contributed by atoms with Crippen molar-refractivity contribution in [1.82, 2.24) is 10.9 Å². The normalized spacial score (nSPS) is 13.6. The van der Waals surface area contributed by atoms with E-state index in [1.165, 1.54) is 6.07 Å². The summed E-state index contributed by atoms with van der Waals surface area (Å²) in [6.45, 7) is 0.695. The Morgan fingerprint density at radius 3 is 2.24 bits per heavy atom. The zero-order valence-electron chi connectivity index (χ0n) is 13.3. The van der Waals surface area contributed by atoms with Crippen molar-refractivity contribution in [2.75, 3.05) is 11.4 Å². The molecule has 1 aliphatic rings. The standard InChI is InChI=1S/C18H16ClN3O3/c19-14-4-1-3-13(11-14)18(25)21-20-17(24)12-6-8-15(9-7-12)22-10-2-5-16(22)23/h1,3-4,6-9,11H,2,5,10H2,(H,20,24)(H,21,25). The van der Waals surface area contributed by atoms with E-state index < -0.39 is 11.8 Å². The fourth-order valence-corrected chi connectivity index (χ4v) is 2.79. The van der Waals surface area contributed by atoms with Crippen LogP contribution in [0.3, 0.4) is 0 Å². The van der Waals surface area contributed by atoms with Crippen LogP contribution in [0.2, 0.25) is 5.02 Å². The van der Waals surface area contributed by atoms with E-state index in [0.29, 0.717) is 29.1 Å². The predicted octanol–water partition coefficient (Wildman–Crippen LogP) is 2.54. The van der Waals surface area contributed by atoms with Crippen LogP contribution < -0.4 is 15.8 Å². The minimum absolute atomic E-state index is 0.0889. The first-order chi connectivity index (χ1) is 12.0. The van der Waals surface area contributed by atoms with Gasteiger partial charge in [0.2, 0.25) is 5.91 Å². The van der Waals surface area contributed by atoms with Crippen LogP contribution in [0.1, 0.15) is 33.6 Å². The predicted molar refractivity (Wildman–Crippen MR) is 94.4 cm³/mol. The van der Waals surface area contributed by atoms with E-state index in [1.807, 2.05) is 0 Å². The van der Waals surface area contributed by atoms with Crippen LogP contribution in [0, 0.1) is 0 Å². The van der Waals surface area contributed by atoms with Crippen molar-refractivity contribution < 1.29 is 14.4 Å². The number of nitrogens with one attached hydrogen (secondary N) is 2. The summed E-state index contributed by atoms with van der Waals surface area (Å²) in [5.74, 6) is -0.823. The van der Waals surface area contributed by atoms with Crippen molar-refractivity contribution in [1.29, 1.82) is 0 Å². The number of carbonyl (C=O) groups excluding carboxylic acids is 3. The van der Waals surface area contributed by atoms with Gasteiger partial charge in [-0.15, -0.1) is 0 Å². The van der Waals surface area contributed by atoms with Gasteiger partial charge in [0, 0.05) is 34.8 Å². The third-order valence-electron chi connectivity index (χ3n) is 3.89. The number of hydrazine groups is 1. The van der Waals surface area contributed by atoms with Crippen molar-refractivity contribution >= 4 is 35.0 Å². The molecule has 25 heavy (non-hydrogen) atoms. The molecule has 1 saturated heterocycles. The molecule has 1 aliphatic heterocycles. The second-order valence-corrected chi connectivity index (χ2v) is 6.05. The molecule has 0 unspecified atom stereocenters. The van der Waals surface area contributed by atoms with Gasteiger partial charge in [-0.3, -0.25) is 25.2 Å². The van der Waals surface area contributed by atoms with Crippen LogP contribution in [0.15, 0.2) is 48.5 Å². The van der Waals surface area contributed by atoms with Crippen molar-refractivity contribution in [3.63, 3.8) is 0 Å². The Kier molecular flexibility index (Phi) is 5.00. The first-order valence-electron chi connectivity index (χ1n) is 7.81. The number of anilines is 1. The molecule has 2 aromatic rings. The number of nitrogens with zero attached hydrogens (tertiary/aromatic N) is 1. The molecule has 0 aromatic heterocycles. The van der Waals surface area contributed by atoms with Crippen molar-refractivity contribution in [3.8, 4) is 0 Å². The third kappa shape index (κ3) is 3.97. The molecule has 0 bridgehead atoms. The highest BCUT2D eigenvalue weighted by Gasteiger charge is 2.21. The van der Waals surface area contributed by atoms with Crippen molar-refractivity contribution in [2.45, 2.75) is 12.8 Å². The second-order valence-electron chi connectivity index (χ2n) is 5.61. The van der Waals surface area contributed by atoms with E-state index >= 15 is 0 Å². The Labute approximate surface area is 149 Å². The minimum Gasteiger partial charge on any atom is -0.312 e. The van der Waals surface area contributed by atoms with E-state index in [1.54, 1.807) is 47.4 Å². The largest absolute Gasteiger partial charge is 0.312 e. The molecule has 2 N–H and O–H groups in total. The van der Waals surface area contributed by atoms with Gasteiger partial charge in [0.25, 0.3) is 11.8 Å². The maximum Gasteiger partial charge on any atom is 0.269 e. The van der Waals surface area contributed by atoms with Crippen LogP contribution in [0.5, 0.6) is 0 Å². The SMILES string of the molecule is O=C(NNC(=O)c1cccc(Cl)c1)c1ccc(N2CCCC2=O)cc1. The average Bonchev–Trinajstić information content (AvgIpc) is 3.05.